The molecule has 2 aliphatic rings. The molecule has 24 heavy (non-hydrogen) atoms. The van der Waals surface area contributed by atoms with Gasteiger partial charge in [0.1, 0.15) is 0 Å². The van der Waals surface area contributed by atoms with E-state index in [1.165, 1.54) is 11.1 Å². The maximum Gasteiger partial charge on any atom is 0 e. The molecule has 1 radical (unpaired) electrons. The second-order valence-corrected chi connectivity index (χ2v) is 9.89. The average molecular weight is 598 g/mol. The van der Waals surface area contributed by atoms with Crippen LogP contribution in [-0.2, 0) is 25.8 Å². The largest absolute Gasteiger partial charge is 0 e. The molecule has 0 aromatic carbocycles. The minimum absolute atomic E-state index is 0. The molecule has 2 rings (SSSR count). The summed E-state index contributed by atoms with van der Waals surface area (Å²) in [5.41, 5.74) is 3.30. The second-order valence-electron chi connectivity index (χ2n) is 7.47. The Bertz CT molecular complexity index is 382. The van der Waals surface area contributed by atoms with E-state index in [4.69, 9.17) is 0 Å². The Hall–Kier alpha value is 0.953. The molecule has 0 aromatic rings. The number of allylic oxidation sites excluding steroid dienone is 8. The van der Waals surface area contributed by atoms with E-state index < -0.39 is 0 Å². The van der Waals surface area contributed by atoms with Crippen LogP contribution in [0.4, 0.5) is 0 Å². The van der Waals surface area contributed by atoms with E-state index in [0.29, 0.717) is 26.3 Å². The summed E-state index contributed by atoms with van der Waals surface area (Å²) in [4.78, 5) is 0. The normalized spacial score (nSPS) is 14.5. The van der Waals surface area contributed by atoms with Crippen molar-refractivity contribution in [3.05, 3.63) is 47.6 Å². The summed E-state index contributed by atoms with van der Waals surface area (Å²) in [6, 6.07) is 0. The monoisotopic (exact) mass is 599 g/mol. The van der Waals surface area contributed by atoms with Crippen LogP contribution < -0.4 is 0 Å². The molecular formula is C20H35Cl2GeHf-2. The second kappa shape index (κ2) is 16.2. The molecule has 0 atom stereocenters. The van der Waals surface area contributed by atoms with Crippen molar-refractivity contribution in [2.45, 2.75) is 65.9 Å². The van der Waals surface area contributed by atoms with Gasteiger partial charge in [0, 0.05) is 25.8 Å². The van der Waals surface area contributed by atoms with E-state index >= 15 is 0 Å². The van der Waals surface area contributed by atoms with E-state index in [1.807, 2.05) is 0 Å². The van der Waals surface area contributed by atoms with Gasteiger partial charge in [-0.25, -0.2) is 23.3 Å². The molecular weight excluding hydrogens is 562 g/mol. The van der Waals surface area contributed by atoms with Gasteiger partial charge in [-0.05, 0) is 10.8 Å². The van der Waals surface area contributed by atoms with Crippen molar-refractivity contribution < 1.29 is 25.8 Å². The Morgan fingerprint density at radius 1 is 0.750 bits per heavy atom. The van der Waals surface area contributed by atoms with Crippen LogP contribution in [-0.4, -0.2) is 15.4 Å². The molecule has 2 aliphatic carbocycles. The van der Waals surface area contributed by atoms with Crippen molar-refractivity contribution in [3.63, 3.8) is 0 Å². The summed E-state index contributed by atoms with van der Waals surface area (Å²) < 4.78 is 0. The predicted octanol–water partition coefficient (Wildman–Crippen LogP) is 6.80. The third-order valence-electron chi connectivity index (χ3n) is 3.01. The van der Waals surface area contributed by atoms with Crippen LogP contribution in [0.1, 0.15) is 54.4 Å². The number of halogens is 2. The van der Waals surface area contributed by atoms with Crippen LogP contribution >= 0.6 is 24.8 Å². The van der Waals surface area contributed by atoms with Gasteiger partial charge in [-0.15, -0.1) is 37.7 Å². The quantitative estimate of drug-likeness (QED) is 0.213. The maximum absolute atomic E-state index is 3.30. The topological polar surface area (TPSA) is 0 Å². The Labute approximate surface area is 189 Å². The van der Waals surface area contributed by atoms with E-state index in [1.54, 1.807) is 0 Å². The summed E-state index contributed by atoms with van der Waals surface area (Å²) in [5, 5.41) is 0. The Morgan fingerprint density at radius 3 is 1.08 bits per heavy atom. The van der Waals surface area contributed by atoms with Crippen LogP contribution in [0.2, 0.25) is 11.5 Å². The van der Waals surface area contributed by atoms with Gasteiger partial charge in [-0.3, -0.25) is 12.2 Å². The Balaban J connectivity index is -0.000000130. The first kappa shape index (κ1) is 32.6. The van der Waals surface area contributed by atoms with Crippen LogP contribution in [0.3, 0.4) is 0 Å². The van der Waals surface area contributed by atoms with Gasteiger partial charge in [0.25, 0.3) is 0 Å². The molecule has 0 N–H and O–H groups in total. The predicted molar refractivity (Wildman–Crippen MR) is 113 cm³/mol. The van der Waals surface area contributed by atoms with E-state index in [9.17, 15) is 0 Å². The zero-order valence-corrected chi connectivity index (χ0v) is 24.3. The molecule has 0 heterocycles. The summed E-state index contributed by atoms with van der Waals surface area (Å²) >= 11 is 0.312. The first-order valence-electron chi connectivity index (χ1n) is 7.92. The summed E-state index contributed by atoms with van der Waals surface area (Å²) in [5.74, 6) is 4.56. The zero-order chi connectivity index (χ0) is 16.5. The van der Waals surface area contributed by atoms with Gasteiger partial charge in [0.2, 0.25) is 0 Å². The fourth-order valence-corrected chi connectivity index (χ4v) is 1.84. The van der Waals surface area contributed by atoms with E-state index in [2.05, 4.69) is 89.5 Å². The molecule has 0 saturated carbocycles. The van der Waals surface area contributed by atoms with Crippen LogP contribution in [0.25, 0.3) is 0 Å². The van der Waals surface area contributed by atoms with Crippen LogP contribution in [0, 0.1) is 23.0 Å². The minimum atomic E-state index is 0. The van der Waals surface area contributed by atoms with Gasteiger partial charge >= 0.3 is 26.9 Å². The average Bonchev–Trinajstić information content (AvgIpc) is 3.03. The molecule has 0 saturated heterocycles. The molecule has 0 bridgehead atoms. The van der Waals surface area contributed by atoms with Gasteiger partial charge in [-0.2, -0.15) is 12.2 Å². The summed E-state index contributed by atoms with van der Waals surface area (Å²) in [6.45, 7) is 13.3. The van der Waals surface area contributed by atoms with Crippen LogP contribution in [0.15, 0.2) is 35.5 Å². The fraction of sp³-hybridized carbons (Fsp3) is 0.600. The Kier molecular flexibility index (Phi) is 21.9. The zero-order valence-electron chi connectivity index (χ0n) is 16.6. The molecule has 0 aromatic heterocycles. The molecule has 0 fully saturated rings. The number of rotatable bonds is 0. The SMILES string of the molecule is CC(C)(C)C1=[C-]CC=C1.CC(C)(C)C1=[C-]CC=C1.Cl.Cl.[CH3][GeH][CH3].[Hf]. The molecule has 0 spiro atoms. The number of hydrogen-bond donors (Lipinski definition) is 0. The number of hydrogen-bond acceptors (Lipinski definition) is 0. The van der Waals surface area contributed by atoms with Crippen molar-refractivity contribution in [2.75, 3.05) is 0 Å². The first-order valence-corrected chi connectivity index (χ1v) is 12.8. The fourth-order valence-electron chi connectivity index (χ4n) is 1.84. The minimum Gasteiger partial charge on any atom is 0 e. The van der Waals surface area contributed by atoms with Gasteiger partial charge in [0.15, 0.2) is 0 Å². The Morgan fingerprint density at radius 2 is 1.00 bits per heavy atom. The van der Waals surface area contributed by atoms with Crippen molar-refractivity contribution in [3.8, 4) is 0 Å². The molecule has 4 heteroatoms. The molecule has 0 aliphatic heterocycles. The van der Waals surface area contributed by atoms with Gasteiger partial charge in [0.05, 0.1) is 0 Å². The van der Waals surface area contributed by atoms with Crippen molar-refractivity contribution in [2.24, 2.45) is 10.8 Å². The van der Waals surface area contributed by atoms with Crippen molar-refractivity contribution >= 4 is 40.2 Å². The molecule has 0 amide bonds. The third-order valence-corrected chi connectivity index (χ3v) is 3.01. The third kappa shape index (κ3) is 15.2. The van der Waals surface area contributed by atoms with E-state index in [0.717, 1.165) is 12.8 Å². The summed E-state index contributed by atoms with van der Waals surface area (Å²) in [6.07, 6.45) is 17.3. The van der Waals surface area contributed by atoms with Gasteiger partial charge in [-0.1, -0.05) is 41.5 Å². The molecule has 139 valence electrons. The van der Waals surface area contributed by atoms with Crippen molar-refractivity contribution in [1.29, 1.82) is 0 Å². The standard InChI is InChI=1S/2C9H13.C2H7Ge.2ClH.Hf/c2*1-9(2,3)8-6-4-5-7-8;1-3-2;;;/h2*4,6H,5H2,1-3H3;3H,1-2H3;2*1H;/q2*-1;;;;. The van der Waals surface area contributed by atoms with Gasteiger partial charge < -0.3 is 0 Å². The van der Waals surface area contributed by atoms with Crippen molar-refractivity contribution in [1.82, 2.24) is 0 Å². The maximum atomic E-state index is 3.30. The van der Waals surface area contributed by atoms with E-state index in [-0.39, 0.29) is 50.7 Å². The van der Waals surface area contributed by atoms with Crippen LogP contribution in [0.5, 0.6) is 0 Å². The first-order chi connectivity index (χ1) is 9.62. The molecule has 0 unspecified atom stereocenters. The summed E-state index contributed by atoms with van der Waals surface area (Å²) in [7, 11) is 0. The smallest absolute Gasteiger partial charge is 0 e. The molecule has 0 nitrogen and oxygen atoms in total.